The summed E-state index contributed by atoms with van der Waals surface area (Å²) < 4.78 is 41.1. The normalized spacial score (nSPS) is 11.3. The highest BCUT2D eigenvalue weighted by atomic mass is 35.5. The summed E-state index contributed by atoms with van der Waals surface area (Å²) in [5.74, 6) is -0.367. The lowest BCUT2D eigenvalue weighted by Gasteiger charge is -2.07. The van der Waals surface area contributed by atoms with E-state index in [1.807, 2.05) is 0 Å². The van der Waals surface area contributed by atoms with Gasteiger partial charge < -0.3 is 4.74 Å². The van der Waals surface area contributed by atoms with Gasteiger partial charge >= 0.3 is 6.61 Å². The van der Waals surface area contributed by atoms with E-state index < -0.39 is 12.4 Å². The summed E-state index contributed by atoms with van der Waals surface area (Å²) in [6.07, 6.45) is 3.88. The minimum Gasteiger partial charge on any atom is -0.434 e. The van der Waals surface area contributed by atoms with Gasteiger partial charge in [-0.2, -0.15) is 8.78 Å². The zero-order valence-electron chi connectivity index (χ0n) is 8.30. The average Bonchev–Trinajstić information content (AvgIpc) is 2.20. The predicted molar refractivity (Wildman–Crippen MR) is 57.4 cm³/mol. The minimum atomic E-state index is -2.97. The van der Waals surface area contributed by atoms with Crippen molar-refractivity contribution < 1.29 is 17.9 Å². The maximum Gasteiger partial charge on any atom is 0.387 e. The second-order valence-electron chi connectivity index (χ2n) is 2.94. The SMILES string of the molecule is Fc1ccc(C=CCCCl)c(OC(F)F)c1. The molecule has 1 rings (SSSR count). The van der Waals surface area contributed by atoms with Gasteiger partial charge in [-0.05, 0) is 18.6 Å². The molecule has 0 amide bonds. The molecule has 0 fully saturated rings. The van der Waals surface area contributed by atoms with Crippen molar-refractivity contribution in [3.63, 3.8) is 0 Å². The van der Waals surface area contributed by atoms with E-state index in [0.717, 1.165) is 6.07 Å². The maximum absolute atomic E-state index is 12.8. The van der Waals surface area contributed by atoms with E-state index in [0.29, 0.717) is 17.9 Å². The third kappa shape index (κ3) is 4.14. The summed E-state index contributed by atoms with van der Waals surface area (Å²) in [6, 6.07) is 3.48. The lowest BCUT2D eigenvalue weighted by atomic mass is 10.1. The first-order valence-corrected chi connectivity index (χ1v) is 5.14. The largest absolute Gasteiger partial charge is 0.434 e. The van der Waals surface area contributed by atoms with Crippen LogP contribution in [0.5, 0.6) is 5.75 Å². The monoisotopic (exact) mass is 250 g/mol. The standard InChI is InChI=1S/C11H10ClF3O/c12-6-2-1-3-8-4-5-9(13)7-10(8)16-11(14)15/h1,3-5,7,11H,2,6H2. The van der Waals surface area contributed by atoms with Crippen molar-refractivity contribution >= 4 is 17.7 Å². The van der Waals surface area contributed by atoms with Gasteiger partial charge in [0, 0.05) is 17.5 Å². The quantitative estimate of drug-likeness (QED) is 0.716. The third-order valence-electron chi connectivity index (χ3n) is 1.76. The molecular weight excluding hydrogens is 241 g/mol. The summed E-state index contributed by atoms with van der Waals surface area (Å²) >= 11 is 5.45. The van der Waals surface area contributed by atoms with Crippen LogP contribution in [0.3, 0.4) is 0 Å². The van der Waals surface area contributed by atoms with Crippen molar-refractivity contribution in [3.05, 3.63) is 35.7 Å². The van der Waals surface area contributed by atoms with Crippen LogP contribution in [0.2, 0.25) is 0 Å². The van der Waals surface area contributed by atoms with Crippen molar-refractivity contribution in [3.8, 4) is 5.75 Å². The summed E-state index contributed by atoms with van der Waals surface area (Å²) in [5, 5.41) is 0. The molecule has 0 aliphatic heterocycles. The van der Waals surface area contributed by atoms with E-state index in [1.54, 1.807) is 12.2 Å². The van der Waals surface area contributed by atoms with Crippen LogP contribution in [-0.2, 0) is 0 Å². The summed E-state index contributed by atoms with van der Waals surface area (Å²) in [5.41, 5.74) is 0.395. The van der Waals surface area contributed by atoms with Gasteiger partial charge in [-0.25, -0.2) is 4.39 Å². The molecule has 1 aromatic rings. The van der Waals surface area contributed by atoms with Crippen LogP contribution in [0.4, 0.5) is 13.2 Å². The Hall–Kier alpha value is -1.16. The summed E-state index contributed by atoms with van der Waals surface area (Å²) in [7, 11) is 0. The first-order chi connectivity index (χ1) is 7.63. The molecule has 0 unspecified atom stereocenters. The van der Waals surface area contributed by atoms with Crippen LogP contribution in [0.15, 0.2) is 24.3 Å². The average molecular weight is 251 g/mol. The Morgan fingerprint density at radius 3 is 2.75 bits per heavy atom. The maximum atomic E-state index is 12.8. The predicted octanol–water partition coefficient (Wildman–Crippen LogP) is 4.07. The number of hydrogen-bond acceptors (Lipinski definition) is 1. The van der Waals surface area contributed by atoms with Gasteiger partial charge in [-0.1, -0.05) is 12.2 Å². The first-order valence-electron chi connectivity index (χ1n) is 4.60. The van der Waals surface area contributed by atoms with Gasteiger partial charge in [0.05, 0.1) is 0 Å². The third-order valence-corrected chi connectivity index (χ3v) is 1.98. The van der Waals surface area contributed by atoms with Crippen molar-refractivity contribution in [2.45, 2.75) is 13.0 Å². The highest BCUT2D eigenvalue weighted by molar-refractivity contribution is 6.17. The molecule has 0 N–H and O–H groups in total. The lowest BCUT2D eigenvalue weighted by molar-refractivity contribution is -0.0501. The van der Waals surface area contributed by atoms with Crippen molar-refractivity contribution in [2.24, 2.45) is 0 Å². The van der Waals surface area contributed by atoms with Gasteiger partial charge in [-0.15, -0.1) is 11.6 Å². The van der Waals surface area contributed by atoms with Gasteiger partial charge in [0.2, 0.25) is 0 Å². The molecule has 0 heterocycles. The van der Waals surface area contributed by atoms with Gasteiger partial charge in [-0.3, -0.25) is 0 Å². The highest BCUT2D eigenvalue weighted by Crippen LogP contribution is 2.23. The van der Waals surface area contributed by atoms with Crippen LogP contribution in [0, 0.1) is 5.82 Å². The second kappa shape index (κ2) is 6.43. The molecule has 5 heteroatoms. The molecule has 1 aromatic carbocycles. The van der Waals surface area contributed by atoms with E-state index >= 15 is 0 Å². The fraction of sp³-hybridized carbons (Fsp3) is 0.273. The molecule has 0 spiro atoms. The van der Waals surface area contributed by atoms with Crippen LogP contribution < -0.4 is 4.74 Å². The zero-order valence-corrected chi connectivity index (χ0v) is 9.05. The van der Waals surface area contributed by atoms with E-state index in [-0.39, 0.29) is 5.75 Å². The Bertz CT molecular complexity index is 366. The Kier molecular flexibility index (Phi) is 5.19. The number of allylic oxidation sites excluding steroid dienone is 1. The van der Waals surface area contributed by atoms with Crippen molar-refractivity contribution in [1.29, 1.82) is 0 Å². The Morgan fingerprint density at radius 2 is 2.12 bits per heavy atom. The van der Waals surface area contributed by atoms with E-state index in [4.69, 9.17) is 11.6 Å². The molecule has 16 heavy (non-hydrogen) atoms. The number of halogens is 4. The van der Waals surface area contributed by atoms with Crippen LogP contribution >= 0.6 is 11.6 Å². The molecule has 0 saturated carbocycles. The summed E-state index contributed by atoms with van der Waals surface area (Å²) in [4.78, 5) is 0. The number of alkyl halides is 3. The molecule has 0 atom stereocenters. The summed E-state index contributed by atoms with van der Waals surface area (Å²) in [6.45, 7) is -2.97. The van der Waals surface area contributed by atoms with Gasteiger partial charge in [0.1, 0.15) is 11.6 Å². The van der Waals surface area contributed by atoms with Crippen LogP contribution in [0.1, 0.15) is 12.0 Å². The highest BCUT2D eigenvalue weighted by Gasteiger charge is 2.08. The minimum absolute atomic E-state index is 0.180. The Morgan fingerprint density at radius 1 is 1.38 bits per heavy atom. The molecule has 0 aliphatic rings. The molecule has 1 nitrogen and oxygen atoms in total. The first kappa shape index (κ1) is 12.9. The van der Waals surface area contributed by atoms with E-state index in [2.05, 4.69) is 4.74 Å². The van der Waals surface area contributed by atoms with Crippen LogP contribution in [0.25, 0.3) is 6.08 Å². The van der Waals surface area contributed by atoms with Crippen LogP contribution in [-0.4, -0.2) is 12.5 Å². The Balaban J connectivity index is 2.88. The van der Waals surface area contributed by atoms with Crippen molar-refractivity contribution in [1.82, 2.24) is 0 Å². The molecule has 0 radical (unpaired) electrons. The fourth-order valence-electron chi connectivity index (χ4n) is 1.12. The zero-order chi connectivity index (χ0) is 12.0. The van der Waals surface area contributed by atoms with E-state index in [1.165, 1.54) is 12.1 Å². The van der Waals surface area contributed by atoms with Gasteiger partial charge in [0.25, 0.3) is 0 Å². The smallest absolute Gasteiger partial charge is 0.387 e. The number of rotatable bonds is 5. The molecule has 0 bridgehead atoms. The lowest BCUT2D eigenvalue weighted by Crippen LogP contribution is -2.03. The molecular formula is C11H10ClF3O. The van der Waals surface area contributed by atoms with E-state index in [9.17, 15) is 13.2 Å². The number of ether oxygens (including phenoxy) is 1. The van der Waals surface area contributed by atoms with Crippen molar-refractivity contribution in [2.75, 3.05) is 5.88 Å². The topological polar surface area (TPSA) is 9.23 Å². The molecule has 0 aromatic heterocycles. The molecule has 0 saturated heterocycles. The number of benzene rings is 1. The second-order valence-corrected chi connectivity index (χ2v) is 3.32. The molecule has 0 aliphatic carbocycles. The Labute approximate surface area is 96.5 Å². The molecule has 88 valence electrons. The fourth-order valence-corrected chi connectivity index (χ4v) is 1.24. The number of hydrogen-bond donors (Lipinski definition) is 0. The van der Waals surface area contributed by atoms with Gasteiger partial charge in [0.15, 0.2) is 0 Å².